The van der Waals surface area contributed by atoms with Gasteiger partial charge in [0.05, 0.1) is 42.1 Å². The second-order valence-electron chi connectivity index (χ2n) is 18.3. The van der Waals surface area contributed by atoms with Crippen LogP contribution < -0.4 is 10.3 Å². The van der Waals surface area contributed by atoms with Crippen molar-refractivity contribution in [3.8, 4) is 28.1 Å². The lowest BCUT2D eigenvalue weighted by atomic mass is 9.99. The van der Waals surface area contributed by atoms with Crippen molar-refractivity contribution in [2.45, 2.75) is 76.0 Å². The predicted octanol–water partition coefficient (Wildman–Crippen LogP) is 10.0. The maximum atomic E-state index is 14.7. The lowest BCUT2D eigenvalue weighted by molar-refractivity contribution is 0.100. The summed E-state index contributed by atoms with van der Waals surface area (Å²) in [6.45, 7) is 3.57. The van der Waals surface area contributed by atoms with Crippen molar-refractivity contribution < 1.29 is 48.7 Å². The Kier molecular flexibility index (Phi) is 14.2. The minimum absolute atomic E-state index is 0.000843. The average Bonchev–Trinajstić information content (AvgIpc) is 4.32. The van der Waals surface area contributed by atoms with E-state index in [2.05, 4.69) is 9.97 Å². The summed E-state index contributed by atoms with van der Waals surface area (Å²) in [7, 11) is -5.87. The van der Waals surface area contributed by atoms with Crippen LogP contribution in [0.2, 0.25) is 0 Å². The summed E-state index contributed by atoms with van der Waals surface area (Å²) in [6, 6.07) is 24.0. The first-order valence-electron chi connectivity index (χ1n) is 23.8. The van der Waals surface area contributed by atoms with Crippen LogP contribution in [0.15, 0.2) is 114 Å². The van der Waals surface area contributed by atoms with Crippen LogP contribution in [0.5, 0.6) is 5.88 Å². The van der Waals surface area contributed by atoms with Crippen molar-refractivity contribution in [1.82, 2.24) is 19.1 Å². The molecule has 378 valence electrons. The second kappa shape index (κ2) is 20.4. The highest BCUT2D eigenvalue weighted by Crippen LogP contribution is 2.42. The standard InChI is InChI=1S/C28H26F2N2O4S.C27H24F2N2O4S/c1-3-17-6-11-24-22(13-17)26(21-5-4-12-31-28(21)36-2)27(25(33)16-37(34,35)20-8-9-20)32(24)15-18-14-19(29)7-10-23(18)30;1-2-16-5-10-23-21(12-16)25(20-4-3-11-30-27(20)33)26(24(32)15-36(34,35)19-7-8-19)31(23)14-17-13-18(28)6-9-22(17)29/h4-7,10-14,20H,3,8-9,15-16H2,1-2H3;3-6,9-13,19H,2,7-8,14-15H2,1H3,(H,30,33). The Morgan fingerprint density at radius 2 is 1.11 bits per heavy atom. The minimum Gasteiger partial charge on any atom is -0.481 e. The van der Waals surface area contributed by atoms with Gasteiger partial charge in [-0.2, -0.15) is 0 Å². The van der Waals surface area contributed by atoms with Crippen LogP contribution in [-0.4, -0.2) is 76.6 Å². The molecule has 2 aliphatic rings. The Bertz CT molecular complexity index is 3780. The maximum absolute atomic E-state index is 14.7. The molecule has 2 aliphatic carbocycles. The molecule has 0 amide bonds. The van der Waals surface area contributed by atoms with Crippen LogP contribution in [0.1, 0.15) is 82.8 Å². The molecule has 73 heavy (non-hydrogen) atoms. The number of methoxy groups -OCH3 is 1. The third kappa shape index (κ3) is 10.4. The molecule has 1 N–H and O–H groups in total. The fraction of sp³-hybridized carbons (Fsp3) is 0.273. The van der Waals surface area contributed by atoms with E-state index in [-0.39, 0.29) is 52.6 Å². The number of pyridine rings is 2. The van der Waals surface area contributed by atoms with Crippen LogP contribution >= 0.6 is 0 Å². The largest absolute Gasteiger partial charge is 0.481 e. The van der Waals surface area contributed by atoms with Crippen molar-refractivity contribution in [2.24, 2.45) is 0 Å². The van der Waals surface area contributed by atoms with Gasteiger partial charge < -0.3 is 18.9 Å². The molecule has 8 aromatic rings. The Morgan fingerprint density at radius 3 is 1.55 bits per heavy atom. The number of nitrogens with zero attached hydrogens (tertiary/aromatic N) is 3. The zero-order valence-corrected chi connectivity index (χ0v) is 41.7. The van der Waals surface area contributed by atoms with Crippen LogP contribution in [-0.2, 0) is 45.6 Å². The molecular weight excluding hydrogens is 985 g/mol. The molecule has 12 nitrogen and oxygen atoms in total. The number of aromatic nitrogens is 4. The van der Waals surface area contributed by atoms with Gasteiger partial charge in [0.25, 0.3) is 5.56 Å². The number of ketones is 2. The van der Waals surface area contributed by atoms with Gasteiger partial charge in [0, 0.05) is 67.6 Å². The van der Waals surface area contributed by atoms with Crippen molar-refractivity contribution in [3.05, 3.63) is 177 Å². The number of sulfone groups is 2. The van der Waals surface area contributed by atoms with Crippen LogP contribution in [0.3, 0.4) is 0 Å². The van der Waals surface area contributed by atoms with E-state index in [4.69, 9.17) is 4.74 Å². The average molecular weight is 1040 g/mol. The first kappa shape index (κ1) is 50.7. The van der Waals surface area contributed by atoms with E-state index in [1.54, 1.807) is 41.1 Å². The summed E-state index contributed by atoms with van der Waals surface area (Å²) in [5, 5.41) is 0.179. The van der Waals surface area contributed by atoms with Crippen LogP contribution in [0, 0.1) is 23.3 Å². The summed E-state index contributed by atoms with van der Waals surface area (Å²) < 4.78 is 117. The Balaban J connectivity index is 0.000000180. The number of rotatable bonds is 17. The van der Waals surface area contributed by atoms with E-state index in [0.717, 1.165) is 53.9 Å². The zero-order chi connectivity index (χ0) is 51.9. The number of benzene rings is 4. The minimum atomic E-state index is -3.68. The molecule has 4 aromatic carbocycles. The van der Waals surface area contributed by atoms with Gasteiger partial charge in [-0.05, 0) is 135 Å². The first-order chi connectivity index (χ1) is 34.9. The molecule has 0 spiro atoms. The summed E-state index contributed by atoms with van der Waals surface area (Å²) in [5.41, 5.74) is 4.17. The topological polar surface area (TPSA) is 167 Å². The van der Waals surface area contributed by atoms with Gasteiger partial charge >= 0.3 is 0 Å². The number of nitrogens with one attached hydrogen (secondary N) is 1. The SMILES string of the molecule is CCc1ccc2c(c1)c(-c1ccc[nH]c1=O)c(C(=O)CS(=O)(=O)C1CC1)n2Cc1cc(F)ccc1F.CCc1ccc2c(c1)c(-c1cccnc1OC)c(C(=O)CS(=O)(=O)C1CC1)n2Cc1cc(F)ccc1F. The van der Waals surface area contributed by atoms with Crippen molar-refractivity contribution >= 4 is 53.0 Å². The molecule has 4 aromatic heterocycles. The van der Waals surface area contributed by atoms with Gasteiger partial charge in [0.15, 0.2) is 31.2 Å². The molecule has 0 radical (unpaired) electrons. The number of hydrogen-bond donors (Lipinski definition) is 1. The quantitative estimate of drug-likeness (QED) is 0.0690. The monoisotopic (exact) mass is 1030 g/mol. The number of hydrogen-bond acceptors (Lipinski definition) is 9. The van der Waals surface area contributed by atoms with E-state index >= 15 is 0 Å². The van der Waals surface area contributed by atoms with Crippen LogP contribution in [0.25, 0.3) is 44.1 Å². The fourth-order valence-corrected chi connectivity index (χ4v) is 12.5. The van der Waals surface area contributed by atoms with Gasteiger partial charge in [-0.25, -0.2) is 39.4 Å². The summed E-state index contributed by atoms with van der Waals surface area (Å²) >= 11 is 0. The highest BCUT2D eigenvalue weighted by molar-refractivity contribution is 7.93. The molecule has 18 heteroatoms. The summed E-state index contributed by atoms with van der Waals surface area (Å²) in [4.78, 5) is 47.3. The molecule has 0 aliphatic heterocycles. The Hall–Kier alpha value is -7.18. The number of H-pyrrole nitrogens is 1. The molecule has 0 atom stereocenters. The molecule has 4 heterocycles. The number of fused-ring (bicyclic) bond motifs is 2. The van der Waals surface area contributed by atoms with Crippen molar-refractivity contribution in [2.75, 3.05) is 18.6 Å². The first-order valence-corrected chi connectivity index (χ1v) is 27.2. The molecular formula is C55H50F4N4O8S2. The third-order valence-electron chi connectivity index (χ3n) is 13.3. The van der Waals surface area contributed by atoms with E-state index in [0.29, 0.717) is 65.0 Å². The van der Waals surface area contributed by atoms with Gasteiger partial charge in [-0.1, -0.05) is 26.0 Å². The van der Waals surface area contributed by atoms with Gasteiger partial charge in [-0.3, -0.25) is 14.4 Å². The molecule has 0 saturated heterocycles. The number of carbonyl (C=O) groups excluding carboxylic acids is 2. The lowest BCUT2D eigenvalue weighted by Crippen LogP contribution is -2.23. The molecule has 10 rings (SSSR count). The van der Waals surface area contributed by atoms with Gasteiger partial charge in [0.2, 0.25) is 5.88 Å². The maximum Gasteiger partial charge on any atom is 0.255 e. The highest BCUT2D eigenvalue weighted by Gasteiger charge is 2.40. The summed E-state index contributed by atoms with van der Waals surface area (Å²) in [5.74, 6) is -4.97. The van der Waals surface area contributed by atoms with E-state index in [1.165, 1.54) is 17.9 Å². The van der Waals surface area contributed by atoms with Gasteiger partial charge in [-0.15, -0.1) is 0 Å². The number of Topliss-reactive ketones (excluding diaryl/α,β-unsaturated/α-hetero) is 2. The van der Waals surface area contributed by atoms with E-state index in [9.17, 15) is 48.8 Å². The second-order valence-corrected chi connectivity index (χ2v) is 22.9. The normalized spacial score (nSPS) is 13.8. The lowest BCUT2D eigenvalue weighted by Gasteiger charge is -2.14. The number of carbonyl (C=O) groups is 2. The number of halogens is 4. The molecule has 2 fully saturated rings. The zero-order valence-electron chi connectivity index (χ0n) is 40.1. The number of ether oxygens (including phenoxy) is 1. The summed E-state index contributed by atoms with van der Waals surface area (Å²) in [6.07, 6.45) is 6.53. The molecule has 2 saturated carbocycles. The van der Waals surface area contributed by atoms with Crippen LogP contribution in [0.4, 0.5) is 17.6 Å². The predicted molar refractivity (Wildman–Crippen MR) is 272 cm³/mol. The number of aromatic amines is 1. The third-order valence-corrected chi connectivity index (χ3v) is 17.6. The molecule has 0 unspecified atom stereocenters. The van der Waals surface area contributed by atoms with Crippen molar-refractivity contribution in [3.63, 3.8) is 0 Å². The number of aryl methyl sites for hydroxylation is 2. The Morgan fingerprint density at radius 1 is 0.644 bits per heavy atom. The fourth-order valence-electron chi connectivity index (χ4n) is 9.32. The van der Waals surface area contributed by atoms with Crippen molar-refractivity contribution in [1.29, 1.82) is 0 Å². The smallest absolute Gasteiger partial charge is 0.255 e. The molecule has 0 bridgehead atoms. The Labute approximate surface area is 418 Å². The van der Waals surface area contributed by atoms with E-state index < -0.39 is 82.1 Å². The van der Waals surface area contributed by atoms with E-state index in [1.807, 2.05) is 44.2 Å². The van der Waals surface area contributed by atoms with Gasteiger partial charge in [0.1, 0.15) is 34.8 Å². The highest BCUT2D eigenvalue weighted by atomic mass is 32.2.